The van der Waals surface area contributed by atoms with Gasteiger partial charge >= 0.3 is 0 Å². The van der Waals surface area contributed by atoms with Crippen molar-refractivity contribution >= 4 is 6.29 Å². The van der Waals surface area contributed by atoms with Gasteiger partial charge in [0.1, 0.15) is 18.1 Å². The van der Waals surface area contributed by atoms with Crippen molar-refractivity contribution in [2.75, 3.05) is 26.7 Å². The monoisotopic (exact) mass is 280 g/mol. The van der Waals surface area contributed by atoms with E-state index in [1.54, 1.807) is 12.1 Å². The second kappa shape index (κ2) is 7.36. The van der Waals surface area contributed by atoms with Crippen molar-refractivity contribution in [1.82, 2.24) is 9.88 Å². The molecule has 20 heavy (non-hydrogen) atoms. The zero-order chi connectivity index (χ0) is 15.2. The minimum Gasteiger partial charge on any atom is -0.492 e. The lowest BCUT2D eigenvalue weighted by Crippen LogP contribution is -2.32. The van der Waals surface area contributed by atoms with Crippen molar-refractivity contribution in [3.05, 3.63) is 23.5 Å². The highest BCUT2D eigenvalue weighted by molar-refractivity contribution is 5.72. The first-order valence-corrected chi connectivity index (χ1v) is 6.72. The minimum absolute atomic E-state index is 0.206. The summed E-state index contributed by atoms with van der Waals surface area (Å²) < 4.78 is 5.62. The van der Waals surface area contributed by atoms with Crippen molar-refractivity contribution in [1.29, 1.82) is 0 Å². The first-order valence-electron chi connectivity index (χ1n) is 6.72. The lowest BCUT2D eigenvalue weighted by molar-refractivity contribution is 0.111. The molecule has 0 radical (unpaired) electrons. The molecular weight excluding hydrogens is 256 g/mol. The average molecular weight is 280 g/mol. The Morgan fingerprint density at radius 1 is 1.40 bits per heavy atom. The van der Waals surface area contributed by atoms with Crippen LogP contribution in [0.5, 0.6) is 5.75 Å². The Labute approximate surface area is 120 Å². The Kier molecular flexibility index (Phi) is 6.10. The molecule has 1 aromatic rings. The van der Waals surface area contributed by atoms with Crippen LogP contribution in [-0.4, -0.2) is 48.0 Å². The standard InChI is InChI=1S/C15H24N2O3/c1-15(2,3)11-17(4)5-6-20-14-7-12(9-18)16-13(8-14)10-19/h7-9,19H,5-6,10-11H2,1-4H3. The van der Waals surface area contributed by atoms with Crippen LogP contribution in [0.25, 0.3) is 0 Å². The molecule has 0 amide bonds. The van der Waals surface area contributed by atoms with Crippen LogP contribution in [0.3, 0.4) is 0 Å². The topological polar surface area (TPSA) is 62.7 Å². The Bertz CT molecular complexity index is 441. The predicted octanol–water partition coefficient (Wildman–Crippen LogP) is 1.74. The average Bonchev–Trinajstić information content (AvgIpc) is 2.36. The Hall–Kier alpha value is -1.46. The van der Waals surface area contributed by atoms with E-state index >= 15 is 0 Å². The summed E-state index contributed by atoms with van der Waals surface area (Å²) in [6, 6.07) is 3.23. The molecule has 0 aromatic carbocycles. The maximum atomic E-state index is 10.8. The van der Waals surface area contributed by atoms with Crippen molar-refractivity contribution in [3.63, 3.8) is 0 Å². The molecule has 1 rings (SSSR count). The number of pyridine rings is 1. The summed E-state index contributed by atoms with van der Waals surface area (Å²) in [4.78, 5) is 16.9. The molecule has 0 fully saturated rings. The highest BCUT2D eigenvalue weighted by Crippen LogP contribution is 2.15. The van der Waals surface area contributed by atoms with E-state index in [1.165, 1.54) is 0 Å². The summed E-state index contributed by atoms with van der Waals surface area (Å²) in [5.41, 5.74) is 0.961. The van der Waals surface area contributed by atoms with E-state index in [2.05, 4.69) is 37.7 Å². The summed E-state index contributed by atoms with van der Waals surface area (Å²) in [6.45, 7) is 8.67. The van der Waals surface area contributed by atoms with Crippen LogP contribution in [0.1, 0.15) is 37.0 Å². The molecule has 0 saturated heterocycles. The van der Waals surface area contributed by atoms with Gasteiger partial charge in [0.15, 0.2) is 6.29 Å². The number of carbonyl (C=O) groups is 1. The molecule has 1 heterocycles. The van der Waals surface area contributed by atoms with Crippen LogP contribution in [0.15, 0.2) is 12.1 Å². The van der Waals surface area contributed by atoms with Gasteiger partial charge in [-0.05, 0) is 12.5 Å². The van der Waals surface area contributed by atoms with Crippen LogP contribution < -0.4 is 4.74 Å². The van der Waals surface area contributed by atoms with Gasteiger partial charge in [0.05, 0.1) is 12.3 Å². The number of hydrogen-bond donors (Lipinski definition) is 1. The first kappa shape index (κ1) is 16.6. The smallest absolute Gasteiger partial charge is 0.168 e. The Morgan fingerprint density at radius 3 is 2.65 bits per heavy atom. The summed E-state index contributed by atoms with van der Waals surface area (Å²) in [7, 11) is 2.05. The number of hydrogen-bond acceptors (Lipinski definition) is 5. The van der Waals surface area contributed by atoms with E-state index in [0.717, 1.165) is 13.1 Å². The van der Waals surface area contributed by atoms with Crippen molar-refractivity contribution < 1.29 is 14.6 Å². The maximum Gasteiger partial charge on any atom is 0.168 e. The molecule has 0 saturated carbocycles. The van der Waals surface area contributed by atoms with E-state index in [4.69, 9.17) is 9.84 Å². The number of carbonyl (C=O) groups excluding carboxylic acids is 1. The fraction of sp³-hybridized carbons (Fsp3) is 0.600. The quantitative estimate of drug-likeness (QED) is 0.771. The first-order chi connectivity index (χ1) is 9.34. The van der Waals surface area contributed by atoms with Crippen LogP contribution >= 0.6 is 0 Å². The molecule has 0 aliphatic rings. The van der Waals surface area contributed by atoms with Crippen LogP contribution in [0.2, 0.25) is 0 Å². The molecule has 1 N–H and O–H groups in total. The largest absolute Gasteiger partial charge is 0.492 e. The molecule has 112 valence electrons. The fourth-order valence-electron chi connectivity index (χ4n) is 2.01. The molecule has 5 nitrogen and oxygen atoms in total. The molecular formula is C15H24N2O3. The van der Waals surface area contributed by atoms with Gasteiger partial charge in [-0.15, -0.1) is 0 Å². The van der Waals surface area contributed by atoms with Crippen molar-refractivity contribution in [3.8, 4) is 5.75 Å². The zero-order valence-corrected chi connectivity index (χ0v) is 12.7. The normalized spacial score (nSPS) is 11.7. The van der Waals surface area contributed by atoms with Gasteiger partial charge in [-0.2, -0.15) is 0 Å². The van der Waals surface area contributed by atoms with Gasteiger partial charge in [-0.3, -0.25) is 4.79 Å². The lowest BCUT2D eigenvalue weighted by Gasteiger charge is -2.26. The summed E-state index contributed by atoms with van der Waals surface area (Å²) in [5.74, 6) is 0.565. The number of aldehydes is 1. The van der Waals surface area contributed by atoms with Crippen molar-refractivity contribution in [2.24, 2.45) is 5.41 Å². The van der Waals surface area contributed by atoms with Crippen molar-refractivity contribution in [2.45, 2.75) is 27.4 Å². The van der Waals surface area contributed by atoms with E-state index in [1.807, 2.05) is 0 Å². The molecule has 0 spiro atoms. The minimum atomic E-state index is -0.206. The number of likely N-dealkylation sites (N-methyl/N-ethyl adjacent to an activating group) is 1. The van der Waals surface area contributed by atoms with Crippen LogP contribution in [0.4, 0.5) is 0 Å². The second-order valence-electron chi connectivity index (χ2n) is 6.14. The summed E-state index contributed by atoms with van der Waals surface area (Å²) >= 11 is 0. The number of aromatic nitrogens is 1. The van der Waals surface area contributed by atoms with E-state index in [0.29, 0.717) is 24.3 Å². The van der Waals surface area contributed by atoms with E-state index < -0.39 is 0 Å². The fourth-order valence-corrected chi connectivity index (χ4v) is 2.01. The maximum absolute atomic E-state index is 10.8. The van der Waals surface area contributed by atoms with Crippen LogP contribution in [-0.2, 0) is 6.61 Å². The zero-order valence-electron chi connectivity index (χ0n) is 12.7. The molecule has 0 aliphatic carbocycles. The number of nitrogens with zero attached hydrogens (tertiary/aromatic N) is 2. The predicted molar refractivity (Wildman–Crippen MR) is 78.0 cm³/mol. The third kappa shape index (κ3) is 6.12. The number of aliphatic hydroxyl groups excluding tert-OH is 1. The summed E-state index contributed by atoms with van der Waals surface area (Å²) in [5, 5.41) is 9.08. The van der Waals surface area contributed by atoms with Crippen LogP contribution in [0, 0.1) is 5.41 Å². The SMILES string of the molecule is CN(CCOc1cc(C=O)nc(CO)c1)CC(C)(C)C. The third-order valence-corrected chi connectivity index (χ3v) is 2.64. The lowest BCUT2D eigenvalue weighted by atomic mass is 9.96. The third-order valence-electron chi connectivity index (χ3n) is 2.64. The van der Waals surface area contributed by atoms with Gasteiger partial charge in [0.2, 0.25) is 0 Å². The Balaban J connectivity index is 2.51. The van der Waals surface area contributed by atoms with Gasteiger partial charge < -0.3 is 14.7 Å². The molecule has 5 heteroatoms. The molecule has 1 aromatic heterocycles. The van der Waals surface area contributed by atoms with E-state index in [-0.39, 0.29) is 17.7 Å². The Morgan fingerprint density at radius 2 is 2.10 bits per heavy atom. The second-order valence-corrected chi connectivity index (χ2v) is 6.14. The highest BCUT2D eigenvalue weighted by atomic mass is 16.5. The van der Waals surface area contributed by atoms with E-state index in [9.17, 15) is 4.79 Å². The van der Waals surface area contributed by atoms with Gasteiger partial charge in [0.25, 0.3) is 0 Å². The number of rotatable bonds is 7. The molecule has 0 bridgehead atoms. The highest BCUT2D eigenvalue weighted by Gasteiger charge is 2.13. The number of aliphatic hydroxyl groups is 1. The molecule has 0 aliphatic heterocycles. The number of ether oxygens (including phenoxy) is 1. The van der Waals surface area contributed by atoms with Gasteiger partial charge in [0, 0.05) is 25.2 Å². The molecule has 0 unspecified atom stereocenters. The molecule has 0 atom stereocenters. The van der Waals surface area contributed by atoms with Gasteiger partial charge in [-0.1, -0.05) is 20.8 Å². The van der Waals surface area contributed by atoms with Gasteiger partial charge in [-0.25, -0.2) is 4.98 Å². The summed E-state index contributed by atoms with van der Waals surface area (Å²) in [6.07, 6.45) is 0.651.